The molecule has 2 aromatic carbocycles. The number of primary amides is 1. The summed E-state index contributed by atoms with van der Waals surface area (Å²) in [7, 11) is 0. The quantitative estimate of drug-likeness (QED) is 0.666. The molecule has 0 saturated carbocycles. The monoisotopic (exact) mass is 492 g/mol. The highest BCUT2D eigenvalue weighted by molar-refractivity contribution is 6.08. The average Bonchev–Trinajstić information content (AvgIpc) is 3.37. The van der Waals surface area contributed by atoms with Gasteiger partial charge in [0.1, 0.15) is 17.9 Å². The lowest BCUT2D eigenvalue weighted by atomic mass is 9.79. The van der Waals surface area contributed by atoms with Crippen LogP contribution in [0.25, 0.3) is 0 Å². The van der Waals surface area contributed by atoms with E-state index in [0.717, 1.165) is 5.56 Å². The van der Waals surface area contributed by atoms with Crippen molar-refractivity contribution in [2.75, 3.05) is 18.4 Å². The molecule has 9 heteroatoms. The number of likely N-dealkylation sites (tertiary alicyclic amines) is 1. The second-order valence-electron chi connectivity index (χ2n) is 10.3. The molecule has 2 unspecified atom stereocenters. The Morgan fingerprint density at radius 1 is 1.17 bits per heavy atom. The summed E-state index contributed by atoms with van der Waals surface area (Å²) in [5.74, 6) is -2.56. The molecule has 36 heavy (non-hydrogen) atoms. The highest BCUT2D eigenvalue weighted by atomic mass is 19.1. The summed E-state index contributed by atoms with van der Waals surface area (Å²) in [5.41, 5.74) is 6.61. The minimum Gasteiger partial charge on any atom is -0.368 e. The average molecular weight is 493 g/mol. The Kier molecular flexibility index (Phi) is 5.81. The number of fused-ring (bicyclic) bond motifs is 3. The summed E-state index contributed by atoms with van der Waals surface area (Å²) in [6.45, 7) is 4.09. The van der Waals surface area contributed by atoms with Crippen LogP contribution in [-0.4, -0.2) is 58.6 Å². The lowest BCUT2D eigenvalue weighted by Crippen LogP contribution is -2.56. The fourth-order valence-electron chi connectivity index (χ4n) is 5.92. The van der Waals surface area contributed by atoms with E-state index in [0.29, 0.717) is 24.1 Å². The molecule has 3 N–H and O–H groups in total. The molecule has 3 aliphatic rings. The number of anilines is 1. The number of nitrogens with two attached hydrogens (primary N) is 1. The number of nitrogens with one attached hydrogen (secondary N) is 1. The number of nitrogens with zero attached hydrogens (tertiary/aromatic N) is 2. The summed E-state index contributed by atoms with van der Waals surface area (Å²) in [5, 5.41) is 2.86. The van der Waals surface area contributed by atoms with Crippen LogP contribution in [0.2, 0.25) is 0 Å². The predicted octanol–water partition coefficient (Wildman–Crippen LogP) is 2.22. The van der Waals surface area contributed by atoms with E-state index < -0.39 is 41.0 Å². The Bertz CT molecular complexity index is 1280. The summed E-state index contributed by atoms with van der Waals surface area (Å²) in [6, 6.07) is 9.82. The van der Waals surface area contributed by atoms with E-state index in [4.69, 9.17) is 5.73 Å². The van der Waals surface area contributed by atoms with Crippen LogP contribution >= 0.6 is 0 Å². The Morgan fingerprint density at radius 3 is 2.64 bits per heavy atom. The van der Waals surface area contributed by atoms with Gasteiger partial charge in [-0.15, -0.1) is 0 Å². The van der Waals surface area contributed by atoms with E-state index in [9.17, 15) is 23.6 Å². The van der Waals surface area contributed by atoms with Crippen LogP contribution in [0.4, 0.5) is 10.1 Å². The Hall–Kier alpha value is -3.75. The first kappa shape index (κ1) is 24.0. The lowest BCUT2D eigenvalue weighted by molar-refractivity contribution is -0.141. The van der Waals surface area contributed by atoms with Gasteiger partial charge in [-0.05, 0) is 48.4 Å². The molecule has 0 aromatic heterocycles. The third-order valence-electron chi connectivity index (χ3n) is 7.65. The zero-order valence-electron chi connectivity index (χ0n) is 20.3. The van der Waals surface area contributed by atoms with Crippen molar-refractivity contribution in [2.45, 2.75) is 50.6 Å². The van der Waals surface area contributed by atoms with E-state index >= 15 is 0 Å². The number of halogens is 1. The SMILES string of the molecule is CC(C)CC(C(=O)N1C[C@]2(CC1C(N)=O)C(=O)Nc1ccccc12)N1CCc2cccc(F)c2C1=O. The molecule has 0 bridgehead atoms. The maximum Gasteiger partial charge on any atom is 0.257 e. The zero-order chi connectivity index (χ0) is 25.8. The summed E-state index contributed by atoms with van der Waals surface area (Å²) in [4.78, 5) is 56.0. The van der Waals surface area contributed by atoms with Crippen molar-refractivity contribution >= 4 is 29.3 Å². The second-order valence-corrected chi connectivity index (χ2v) is 10.3. The maximum atomic E-state index is 14.6. The van der Waals surface area contributed by atoms with Gasteiger partial charge in [0.05, 0.1) is 11.0 Å². The Labute approximate surface area is 208 Å². The molecule has 1 spiro atoms. The number of amides is 4. The summed E-state index contributed by atoms with van der Waals surface area (Å²) in [6.07, 6.45) is 0.808. The second kappa shape index (κ2) is 8.72. The van der Waals surface area contributed by atoms with Crippen molar-refractivity contribution < 1.29 is 23.6 Å². The van der Waals surface area contributed by atoms with Gasteiger partial charge >= 0.3 is 0 Å². The first-order chi connectivity index (χ1) is 17.1. The van der Waals surface area contributed by atoms with Gasteiger partial charge in [0.2, 0.25) is 17.7 Å². The third-order valence-corrected chi connectivity index (χ3v) is 7.65. The third kappa shape index (κ3) is 3.65. The molecule has 3 aliphatic heterocycles. The lowest BCUT2D eigenvalue weighted by Gasteiger charge is -2.38. The summed E-state index contributed by atoms with van der Waals surface area (Å²) < 4.78 is 14.6. The van der Waals surface area contributed by atoms with Gasteiger partial charge in [-0.1, -0.05) is 44.2 Å². The number of carbonyl (C=O) groups excluding carboxylic acids is 4. The molecule has 0 aliphatic carbocycles. The molecule has 1 saturated heterocycles. The van der Waals surface area contributed by atoms with E-state index in [2.05, 4.69) is 5.32 Å². The van der Waals surface area contributed by atoms with Crippen molar-refractivity contribution in [3.05, 3.63) is 65.0 Å². The van der Waals surface area contributed by atoms with Crippen molar-refractivity contribution in [1.29, 1.82) is 0 Å². The molecule has 5 rings (SSSR count). The maximum absolute atomic E-state index is 14.6. The van der Waals surface area contributed by atoms with E-state index in [-0.39, 0.29) is 36.9 Å². The molecule has 3 atom stereocenters. The van der Waals surface area contributed by atoms with E-state index in [1.165, 1.54) is 15.9 Å². The highest BCUT2D eigenvalue weighted by Gasteiger charge is 2.58. The smallest absolute Gasteiger partial charge is 0.257 e. The molecule has 188 valence electrons. The number of rotatable bonds is 5. The zero-order valence-corrected chi connectivity index (χ0v) is 20.3. The number of carbonyl (C=O) groups is 4. The van der Waals surface area contributed by atoms with Crippen molar-refractivity contribution in [3.63, 3.8) is 0 Å². The first-order valence-corrected chi connectivity index (χ1v) is 12.2. The summed E-state index contributed by atoms with van der Waals surface area (Å²) >= 11 is 0. The number of hydrogen-bond donors (Lipinski definition) is 2. The minimum atomic E-state index is -1.10. The fourth-order valence-corrected chi connectivity index (χ4v) is 5.92. The van der Waals surface area contributed by atoms with Crippen molar-refractivity contribution in [3.8, 4) is 0 Å². The van der Waals surface area contributed by atoms with E-state index in [1.807, 2.05) is 26.0 Å². The van der Waals surface area contributed by atoms with Crippen LogP contribution in [0.15, 0.2) is 42.5 Å². The van der Waals surface area contributed by atoms with Gasteiger partial charge in [-0.2, -0.15) is 0 Å². The van der Waals surface area contributed by atoms with E-state index in [1.54, 1.807) is 24.3 Å². The van der Waals surface area contributed by atoms with Crippen molar-refractivity contribution in [1.82, 2.24) is 9.80 Å². The molecule has 4 amide bonds. The van der Waals surface area contributed by atoms with Gasteiger partial charge in [0.25, 0.3) is 5.91 Å². The molecule has 3 heterocycles. The van der Waals surface area contributed by atoms with Crippen LogP contribution in [0.5, 0.6) is 0 Å². The largest absolute Gasteiger partial charge is 0.368 e. The highest BCUT2D eigenvalue weighted by Crippen LogP contribution is 2.46. The number of hydrogen-bond acceptors (Lipinski definition) is 4. The molecule has 0 radical (unpaired) electrons. The van der Waals surface area contributed by atoms with Gasteiger partial charge < -0.3 is 20.9 Å². The van der Waals surface area contributed by atoms with Crippen LogP contribution in [0, 0.1) is 11.7 Å². The van der Waals surface area contributed by atoms with Crippen LogP contribution in [-0.2, 0) is 26.2 Å². The van der Waals surface area contributed by atoms with Crippen molar-refractivity contribution in [2.24, 2.45) is 11.7 Å². The van der Waals surface area contributed by atoms with Crippen LogP contribution < -0.4 is 11.1 Å². The first-order valence-electron chi connectivity index (χ1n) is 12.2. The van der Waals surface area contributed by atoms with Crippen LogP contribution in [0.1, 0.15) is 48.2 Å². The number of benzene rings is 2. The minimum absolute atomic E-state index is 0.0150. The van der Waals surface area contributed by atoms with Gasteiger partial charge in [-0.3, -0.25) is 19.2 Å². The van der Waals surface area contributed by atoms with Crippen LogP contribution in [0.3, 0.4) is 0 Å². The molecule has 8 nitrogen and oxygen atoms in total. The van der Waals surface area contributed by atoms with Gasteiger partial charge in [-0.25, -0.2) is 4.39 Å². The molecular formula is C27H29FN4O4. The topological polar surface area (TPSA) is 113 Å². The standard InChI is InChI=1S/C27H29FN4O4/c1-15(2)12-20(31-11-10-16-6-5-8-18(28)22(16)25(31)35)24(34)32-14-27(13-21(32)23(29)33)17-7-3-4-9-19(17)30-26(27)36/h3-9,15,20-21H,10-14H2,1-2H3,(H2,29,33)(H,30,36)/t20?,21?,27-/m0/s1. The fraction of sp³-hybridized carbons (Fsp3) is 0.407. The van der Waals surface area contributed by atoms with Gasteiger partial charge in [0, 0.05) is 18.8 Å². The molecular weight excluding hydrogens is 463 g/mol. The normalized spacial score (nSPS) is 23.6. The molecule has 2 aromatic rings. The predicted molar refractivity (Wildman–Crippen MR) is 130 cm³/mol. The van der Waals surface area contributed by atoms with Gasteiger partial charge in [0.15, 0.2) is 0 Å². The Morgan fingerprint density at radius 2 is 1.92 bits per heavy atom. The Balaban J connectivity index is 1.51. The number of para-hydroxylation sites is 1. The molecule has 1 fully saturated rings.